The van der Waals surface area contributed by atoms with Crippen molar-refractivity contribution in [1.82, 2.24) is 4.98 Å². The van der Waals surface area contributed by atoms with Crippen molar-refractivity contribution in [3.63, 3.8) is 0 Å². The van der Waals surface area contributed by atoms with Gasteiger partial charge in [-0.05, 0) is 18.2 Å². The van der Waals surface area contributed by atoms with E-state index >= 15 is 0 Å². The Bertz CT molecular complexity index is 570. The molecule has 6 heteroatoms. The van der Waals surface area contributed by atoms with Gasteiger partial charge in [0, 0.05) is 10.9 Å². The molecule has 0 spiro atoms. The molecule has 0 fully saturated rings. The topological polar surface area (TPSA) is 56.0 Å². The van der Waals surface area contributed by atoms with Crippen LogP contribution in [0, 0.1) is 5.82 Å². The first kappa shape index (κ1) is 12.0. The fourth-order valence-electron chi connectivity index (χ4n) is 1.37. The molecule has 0 atom stereocenters. The number of nitrogens with zero attached hydrogens (tertiary/aromatic N) is 1. The summed E-state index contributed by atoms with van der Waals surface area (Å²) in [6.45, 7) is 0. The van der Waals surface area contributed by atoms with Crippen LogP contribution in [0.1, 0.15) is 16.1 Å². The third-order valence-corrected chi connectivity index (χ3v) is 3.19. The van der Waals surface area contributed by atoms with Crippen LogP contribution in [0.5, 0.6) is 0 Å². The zero-order valence-electron chi connectivity index (χ0n) is 8.61. The zero-order chi connectivity index (χ0) is 12.4. The Kier molecular flexibility index (Phi) is 3.40. The van der Waals surface area contributed by atoms with Gasteiger partial charge in [0.1, 0.15) is 5.82 Å². The highest BCUT2D eigenvalue weighted by Crippen LogP contribution is 2.20. The largest absolute Gasteiger partial charge is 0.375 e. The molecular weight excluding hydrogens is 263 g/mol. The van der Waals surface area contributed by atoms with E-state index < -0.39 is 5.82 Å². The molecule has 0 aliphatic heterocycles. The lowest BCUT2D eigenvalue weighted by Crippen LogP contribution is -2.05. The predicted octanol–water partition coefficient (Wildman–Crippen LogP) is 2.94. The Balaban J connectivity index is 2.22. The lowest BCUT2D eigenvalue weighted by atomic mass is 10.1. The number of carbonyl (C=O) groups excluding carboxylic acids is 1. The van der Waals surface area contributed by atoms with Crippen LogP contribution < -0.4 is 5.73 Å². The SMILES string of the molecule is Nc1nc(CC(=O)c2cc(F)ccc2Cl)cs1. The Hall–Kier alpha value is -1.46. The minimum atomic E-state index is -0.490. The maximum Gasteiger partial charge on any atom is 0.180 e. The van der Waals surface area contributed by atoms with Crippen molar-refractivity contribution in [1.29, 1.82) is 0 Å². The number of Topliss-reactive ketones (excluding diaryl/α,β-unsaturated/α-hetero) is 1. The highest BCUT2D eigenvalue weighted by atomic mass is 35.5. The van der Waals surface area contributed by atoms with Gasteiger partial charge in [-0.25, -0.2) is 9.37 Å². The smallest absolute Gasteiger partial charge is 0.180 e. The molecule has 0 unspecified atom stereocenters. The number of benzene rings is 1. The molecule has 0 bridgehead atoms. The maximum absolute atomic E-state index is 13.0. The predicted molar refractivity (Wildman–Crippen MR) is 66.0 cm³/mol. The van der Waals surface area contributed by atoms with Crippen LogP contribution in [0.4, 0.5) is 9.52 Å². The van der Waals surface area contributed by atoms with Crippen LogP contribution in [0.3, 0.4) is 0 Å². The second-order valence-electron chi connectivity index (χ2n) is 3.40. The summed E-state index contributed by atoms with van der Waals surface area (Å²) in [5.74, 6) is -0.768. The number of rotatable bonds is 3. The Labute approximate surface area is 106 Å². The van der Waals surface area contributed by atoms with Crippen LogP contribution in [-0.2, 0) is 6.42 Å². The van der Waals surface area contributed by atoms with Gasteiger partial charge in [0.2, 0.25) is 0 Å². The molecule has 0 amide bonds. The number of thiazole rings is 1. The van der Waals surface area contributed by atoms with Crippen molar-refractivity contribution in [2.24, 2.45) is 0 Å². The van der Waals surface area contributed by atoms with Gasteiger partial charge in [-0.2, -0.15) is 0 Å². The van der Waals surface area contributed by atoms with E-state index in [0.29, 0.717) is 10.8 Å². The Morgan fingerprint density at radius 3 is 2.94 bits per heavy atom. The first-order valence-electron chi connectivity index (χ1n) is 4.74. The number of nitrogen functional groups attached to an aromatic ring is 1. The summed E-state index contributed by atoms with van der Waals surface area (Å²) in [6, 6.07) is 3.69. The molecule has 0 aliphatic rings. The van der Waals surface area contributed by atoms with Crippen LogP contribution in [0.25, 0.3) is 0 Å². The van der Waals surface area contributed by atoms with Crippen molar-refractivity contribution < 1.29 is 9.18 Å². The number of ketones is 1. The van der Waals surface area contributed by atoms with E-state index in [1.165, 1.54) is 23.5 Å². The highest BCUT2D eigenvalue weighted by Gasteiger charge is 2.13. The van der Waals surface area contributed by atoms with Gasteiger partial charge < -0.3 is 5.73 Å². The molecule has 2 N–H and O–H groups in total. The van der Waals surface area contributed by atoms with Crippen molar-refractivity contribution in [2.45, 2.75) is 6.42 Å². The first-order valence-corrected chi connectivity index (χ1v) is 6.00. The van der Waals surface area contributed by atoms with Gasteiger partial charge in [-0.1, -0.05) is 11.6 Å². The summed E-state index contributed by atoms with van der Waals surface area (Å²) in [5.41, 5.74) is 6.19. The quantitative estimate of drug-likeness (QED) is 0.873. The van der Waals surface area contributed by atoms with Gasteiger partial charge in [-0.3, -0.25) is 4.79 Å². The molecule has 2 rings (SSSR count). The number of hydrogen-bond donors (Lipinski definition) is 1. The first-order chi connectivity index (χ1) is 8.06. The summed E-state index contributed by atoms with van der Waals surface area (Å²) in [7, 11) is 0. The zero-order valence-corrected chi connectivity index (χ0v) is 10.2. The lowest BCUT2D eigenvalue weighted by molar-refractivity contribution is 0.0992. The number of carbonyl (C=O) groups is 1. The second kappa shape index (κ2) is 4.81. The third kappa shape index (κ3) is 2.81. The lowest BCUT2D eigenvalue weighted by Gasteiger charge is -2.02. The van der Waals surface area contributed by atoms with E-state index in [2.05, 4.69) is 4.98 Å². The molecule has 1 aromatic heterocycles. The molecule has 0 aliphatic carbocycles. The van der Waals surface area contributed by atoms with Crippen molar-refractivity contribution in [3.05, 3.63) is 45.7 Å². The number of anilines is 1. The molecule has 3 nitrogen and oxygen atoms in total. The van der Waals surface area contributed by atoms with Gasteiger partial charge in [0.05, 0.1) is 17.1 Å². The standard InChI is InChI=1S/C11H8ClFN2OS/c12-9-2-1-6(13)3-8(9)10(16)4-7-5-17-11(14)15-7/h1-3,5H,4H2,(H2,14,15). The van der Waals surface area contributed by atoms with E-state index in [9.17, 15) is 9.18 Å². The second-order valence-corrected chi connectivity index (χ2v) is 4.70. The average Bonchev–Trinajstić information content (AvgIpc) is 2.67. The number of nitrogens with two attached hydrogens (primary N) is 1. The summed E-state index contributed by atoms with van der Waals surface area (Å²) >= 11 is 7.09. The average molecular weight is 271 g/mol. The molecule has 2 aromatic rings. The van der Waals surface area contributed by atoms with Gasteiger partial charge in [-0.15, -0.1) is 11.3 Å². The molecule has 0 saturated carbocycles. The Morgan fingerprint density at radius 2 is 2.29 bits per heavy atom. The van der Waals surface area contributed by atoms with Gasteiger partial charge in [0.25, 0.3) is 0 Å². The number of halogens is 2. The van der Waals surface area contributed by atoms with E-state index in [-0.39, 0.29) is 22.8 Å². The summed E-state index contributed by atoms with van der Waals surface area (Å²) in [5, 5.41) is 2.33. The summed E-state index contributed by atoms with van der Waals surface area (Å²) < 4.78 is 13.0. The number of hydrogen-bond acceptors (Lipinski definition) is 4. The molecule has 1 aromatic carbocycles. The molecular formula is C11H8ClFN2OS. The molecule has 1 heterocycles. The highest BCUT2D eigenvalue weighted by molar-refractivity contribution is 7.13. The van der Waals surface area contributed by atoms with Crippen LogP contribution in [0.15, 0.2) is 23.6 Å². The van der Waals surface area contributed by atoms with Crippen LogP contribution in [0.2, 0.25) is 5.02 Å². The molecule has 0 saturated heterocycles. The van der Waals surface area contributed by atoms with E-state index in [1.54, 1.807) is 5.38 Å². The Morgan fingerprint density at radius 1 is 1.53 bits per heavy atom. The van der Waals surface area contributed by atoms with Crippen LogP contribution >= 0.6 is 22.9 Å². The third-order valence-electron chi connectivity index (χ3n) is 2.14. The van der Waals surface area contributed by atoms with Crippen molar-refractivity contribution in [2.75, 3.05) is 5.73 Å². The number of aromatic nitrogens is 1. The van der Waals surface area contributed by atoms with E-state index in [4.69, 9.17) is 17.3 Å². The normalized spacial score (nSPS) is 10.5. The fraction of sp³-hybridized carbons (Fsp3) is 0.0909. The van der Waals surface area contributed by atoms with Gasteiger partial charge in [0.15, 0.2) is 10.9 Å². The monoisotopic (exact) mass is 270 g/mol. The minimum absolute atomic E-state index is 0.0663. The molecule has 88 valence electrons. The van der Waals surface area contributed by atoms with E-state index in [1.807, 2.05) is 0 Å². The summed E-state index contributed by atoms with van der Waals surface area (Å²) in [4.78, 5) is 15.8. The molecule has 0 radical (unpaired) electrons. The minimum Gasteiger partial charge on any atom is -0.375 e. The van der Waals surface area contributed by atoms with Crippen molar-refractivity contribution >= 4 is 33.9 Å². The fourth-order valence-corrected chi connectivity index (χ4v) is 2.16. The van der Waals surface area contributed by atoms with Gasteiger partial charge >= 0.3 is 0 Å². The molecule has 17 heavy (non-hydrogen) atoms. The maximum atomic E-state index is 13.0. The van der Waals surface area contributed by atoms with Crippen LogP contribution in [-0.4, -0.2) is 10.8 Å². The summed E-state index contributed by atoms with van der Waals surface area (Å²) in [6.07, 6.45) is 0.0663. The van der Waals surface area contributed by atoms with Crippen molar-refractivity contribution in [3.8, 4) is 0 Å². The van der Waals surface area contributed by atoms with E-state index in [0.717, 1.165) is 6.07 Å².